The third-order valence-corrected chi connectivity index (χ3v) is 3.98. The third-order valence-electron chi connectivity index (χ3n) is 3.98. The van der Waals surface area contributed by atoms with Crippen LogP contribution in [0.25, 0.3) is 5.32 Å². The molecule has 0 radical (unpaired) electrons. The molecule has 1 saturated carbocycles. The Balaban J connectivity index is 0.00000400. The fourth-order valence-electron chi connectivity index (χ4n) is 2.72. The summed E-state index contributed by atoms with van der Waals surface area (Å²) in [4.78, 5) is 22.8. The quantitative estimate of drug-likeness (QED) is 0.283. The van der Waals surface area contributed by atoms with Gasteiger partial charge < -0.3 is 15.3 Å². The average Bonchev–Trinajstić information content (AvgIpc) is 2.47. The minimum absolute atomic E-state index is 0. The number of carbonyl (C=O) groups is 1. The van der Waals surface area contributed by atoms with Gasteiger partial charge in [-0.05, 0) is 25.7 Å². The smallest absolute Gasteiger partial charge is 0.633 e. The Morgan fingerprint density at radius 2 is 2.05 bits per heavy atom. The van der Waals surface area contributed by atoms with Gasteiger partial charge in [0, 0.05) is 5.66 Å². The van der Waals surface area contributed by atoms with Gasteiger partial charge in [0.05, 0.1) is 11.9 Å². The molecule has 7 heteroatoms. The summed E-state index contributed by atoms with van der Waals surface area (Å²) in [7, 11) is 0. The van der Waals surface area contributed by atoms with Crippen molar-refractivity contribution in [3.8, 4) is 0 Å². The maximum absolute atomic E-state index is 11.9. The standard InChI is InChI=1S/C14H27N3O3.Na/c1-2-3-4-5-6-10-13(18)15-14(17-20)11-8-7-9-12(14)16-19;/h12,17,20H,2-11H2,1H3,(H,15,18);/q;+1/p-1. The van der Waals surface area contributed by atoms with Gasteiger partial charge in [-0.25, -0.2) is 5.48 Å². The van der Waals surface area contributed by atoms with Gasteiger partial charge in [0.2, 0.25) is 0 Å². The second-order valence-corrected chi connectivity index (χ2v) is 5.57. The molecule has 0 aromatic carbocycles. The molecule has 1 rings (SSSR count). The van der Waals surface area contributed by atoms with Crippen molar-refractivity contribution < 1.29 is 39.6 Å². The van der Waals surface area contributed by atoms with Crippen molar-refractivity contribution in [2.45, 2.75) is 82.8 Å². The van der Waals surface area contributed by atoms with E-state index in [1.807, 2.05) is 0 Å². The molecule has 2 unspecified atom stereocenters. The van der Waals surface area contributed by atoms with E-state index in [0.29, 0.717) is 19.3 Å². The Morgan fingerprint density at radius 3 is 2.67 bits per heavy atom. The topological polar surface area (TPSA) is 92.9 Å². The first-order valence-electron chi connectivity index (χ1n) is 7.68. The number of nitrogens with zero attached hydrogens (tertiary/aromatic N) is 2. The molecule has 21 heavy (non-hydrogen) atoms. The number of unbranched alkanes of at least 4 members (excludes halogenated alkanes) is 4. The van der Waals surface area contributed by atoms with E-state index in [0.717, 1.165) is 32.1 Å². The second-order valence-electron chi connectivity index (χ2n) is 5.57. The van der Waals surface area contributed by atoms with Crippen LogP contribution in [0.1, 0.15) is 71.1 Å². The first-order valence-corrected chi connectivity index (χ1v) is 7.68. The van der Waals surface area contributed by atoms with Crippen LogP contribution in [0, 0.1) is 4.91 Å². The fourth-order valence-corrected chi connectivity index (χ4v) is 2.72. The summed E-state index contributed by atoms with van der Waals surface area (Å²) in [5, 5.41) is 16.4. The predicted octanol–water partition coefficient (Wildman–Crippen LogP) is 0.635. The SMILES string of the molecule is CCCCCCCC(=O)[N-]C1(NO)CCCCC1N=O.[Na+]. The summed E-state index contributed by atoms with van der Waals surface area (Å²) in [6, 6.07) is -0.662. The molecular weight excluding hydrogens is 281 g/mol. The van der Waals surface area contributed by atoms with Crippen LogP contribution in [-0.2, 0) is 4.79 Å². The number of carbonyl (C=O) groups excluding carboxylic acids is 1. The van der Waals surface area contributed by atoms with Crippen LogP contribution < -0.4 is 35.0 Å². The van der Waals surface area contributed by atoms with Gasteiger partial charge in [-0.15, -0.1) is 0 Å². The van der Waals surface area contributed by atoms with Crippen molar-refractivity contribution >= 4 is 5.91 Å². The number of hydroxylamine groups is 1. The van der Waals surface area contributed by atoms with Crippen LogP contribution in [0.3, 0.4) is 0 Å². The van der Waals surface area contributed by atoms with Gasteiger partial charge in [0.15, 0.2) is 0 Å². The molecule has 0 aromatic rings. The number of rotatable bonds is 9. The monoisotopic (exact) mass is 307 g/mol. The summed E-state index contributed by atoms with van der Waals surface area (Å²) < 4.78 is 0. The third kappa shape index (κ3) is 6.74. The molecule has 1 fully saturated rings. The maximum atomic E-state index is 11.9. The van der Waals surface area contributed by atoms with Crippen LogP contribution in [0.5, 0.6) is 0 Å². The van der Waals surface area contributed by atoms with Gasteiger partial charge in [-0.2, -0.15) is 4.91 Å². The first-order chi connectivity index (χ1) is 9.68. The van der Waals surface area contributed by atoms with Gasteiger partial charge in [-0.3, -0.25) is 0 Å². The van der Waals surface area contributed by atoms with Gasteiger partial charge >= 0.3 is 29.6 Å². The molecule has 1 amide bonds. The zero-order valence-corrected chi connectivity index (χ0v) is 15.3. The number of hydrogen-bond acceptors (Lipinski definition) is 5. The molecule has 6 nitrogen and oxygen atoms in total. The molecule has 2 N–H and O–H groups in total. The van der Waals surface area contributed by atoms with Crippen LogP contribution in [-0.4, -0.2) is 22.8 Å². The zero-order valence-electron chi connectivity index (χ0n) is 13.3. The predicted molar refractivity (Wildman–Crippen MR) is 77.4 cm³/mol. The summed E-state index contributed by atoms with van der Waals surface area (Å²) in [5.41, 5.74) is 0.885. The van der Waals surface area contributed by atoms with Crippen LogP contribution in [0.4, 0.5) is 0 Å². The van der Waals surface area contributed by atoms with E-state index in [1.54, 1.807) is 0 Å². The van der Waals surface area contributed by atoms with Crippen LogP contribution >= 0.6 is 0 Å². The zero-order chi connectivity index (χ0) is 14.8. The first kappa shape index (κ1) is 21.0. The van der Waals surface area contributed by atoms with E-state index in [-0.39, 0.29) is 35.5 Å². The fraction of sp³-hybridized carbons (Fsp3) is 0.929. The van der Waals surface area contributed by atoms with Crippen molar-refractivity contribution in [1.82, 2.24) is 5.48 Å². The molecule has 0 aliphatic heterocycles. The van der Waals surface area contributed by atoms with Crippen LogP contribution in [0.15, 0.2) is 5.18 Å². The minimum Gasteiger partial charge on any atom is -0.633 e. The molecule has 0 saturated heterocycles. The van der Waals surface area contributed by atoms with Crippen molar-refractivity contribution in [3.05, 3.63) is 10.2 Å². The van der Waals surface area contributed by atoms with E-state index >= 15 is 0 Å². The van der Waals surface area contributed by atoms with Gasteiger partial charge in [0.1, 0.15) is 0 Å². The van der Waals surface area contributed by atoms with Gasteiger partial charge in [0.25, 0.3) is 0 Å². The molecule has 0 spiro atoms. The number of amides is 1. The minimum atomic E-state index is -1.19. The molecule has 0 bridgehead atoms. The number of hydrogen-bond donors (Lipinski definition) is 2. The molecular formula is C14H26N3NaO3. The maximum Gasteiger partial charge on any atom is 1.00 e. The summed E-state index contributed by atoms with van der Waals surface area (Å²) >= 11 is 0. The Bertz CT molecular complexity index is 318. The van der Waals surface area contributed by atoms with Crippen molar-refractivity contribution in [2.24, 2.45) is 5.18 Å². The second kappa shape index (κ2) is 11.5. The summed E-state index contributed by atoms with van der Waals surface area (Å²) in [5.74, 6) is -0.251. The molecule has 1 aliphatic rings. The van der Waals surface area contributed by atoms with E-state index < -0.39 is 11.7 Å². The van der Waals surface area contributed by atoms with E-state index in [9.17, 15) is 14.9 Å². The Labute approximate surface area is 149 Å². The molecule has 0 heterocycles. The van der Waals surface area contributed by atoms with Crippen LogP contribution in [0.2, 0.25) is 0 Å². The molecule has 1 aliphatic carbocycles. The van der Waals surface area contributed by atoms with E-state index in [2.05, 4.69) is 22.9 Å². The van der Waals surface area contributed by atoms with Crippen molar-refractivity contribution in [1.29, 1.82) is 0 Å². The number of nitrogens with one attached hydrogen (secondary N) is 1. The number of nitroso groups, excluding NO2 is 1. The van der Waals surface area contributed by atoms with Gasteiger partial charge in [-0.1, -0.05) is 50.6 Å². The summed E-state index contributed by atoms with van der Waals surface area (Å²) in [6.45, 7) is 2.15. The summed E-state index contributed by atoms with van der Waals surface area (Å²) in [6.07, 6.45) is 8.42. The largest absolute Gasteiger partial charge is 1.00 e. The van der Waals surface area contributed by atoms with Crippen molar-refractivity contribution in [2.75, 3.05) is 0 Å². The van der Waals surface area contributed by atoms with E-state index in [1.165, 1.54) is 12.8 Å². The van der Waals surface area contributed by atoms with Crippen molar-refractivity contribution in [3.63, 3.8) is 0 Å². The Hall–Kier alpha value is -0.0100. The normalized spacial score (nSPS) is 25.0. The molecule has 2 atom stereocenters. The average molecular weight is 307 g/mol. The van der Waals surface area contributed by atoms with E-state index in [4.69, 9.17) is 0 Å². The Kier molecular flexibility index (Phi) is 11.5. The molecule has 116 valence electrons. The Morgan fingerprint density at radius 1 is 1.33 bits per heavy atom. The molecule has 0 aromatic heterocycles.